The van der Waals surface area contributed by atoms with Gasteiger partial charge in [0.05, 0.1) is 0 Å². The minimum atomic E-state index is -0.0533. The van der Waals surface area contributed by atoms with Gasteiger partial charge >= 0.3 is 0 Å². The summed E-state index contributed by atoms with van der Waals surface area (Å²) in [4.78, 5) is 10.6. The first-order valence-corrected chi connectivity index (χ1v) is 4.69. The Bertz CT molecular complexity index is 134. The van der Waals surface area contributed by atoms with Crippen molar-refractivity contribution in [2.45, 2.75) is 25.7 Å². The van der Waals surface area contributed by atoms with Crippen molar-refractivity contribution < 1.29 is 4.79 Å². The van der Waals surface area contributed by atoms with E-state index in [0.29, 0.717) is 0 Å². The highest BCUT2D eigenvalue weighted by Gasteiger charge is 2.19. The zero-order valence-corrected chi connectivity index (χ0v) is 7.36. The van der Waals surface area contributed by atoms with Gasteiger partial charge in [-0.15, -0.1) is 11.6 Å². The lowest BCUT2D eigenvalue weighted by Crippen LogP contribution is -2.25. The standard InChI is InChI=1S/C8H14ClNO/c9-6-8(11)10-5-1-2-7-3-4-7/h7H,1-6H2,(H,10,11). The van der Waals surface area contributed by atoms with Crippen LogP contribution in [0, 0.1) is 5.92 Å². The molecule has 1 aliphatic rings. The number of alkyl halides is 1. The topological polar surface area (TPSA) is 29.1 Å². The fourth-order valence-corrected chi connectivity index (χ4v) is 1.17. The van der Waals surface area contributed by atoms with Crippen LogP contribution in [0.1, 0.15) is 25.7 Å². The average molecular weight is 176 g/mol. The van der Waals surface area contributed by atoms with Crippen LogP contribution in [0.4, 0.5) is 0 Å². The quantitative estimate of drug-likeness (QED) is 0.499. The average Bonchev–Trinajstić information content (AvgIpc) is 2.81. The lowest BCUT2D eigenvalue weighted by molar-refractivity contribution is -0.118. The molecule has 1 fully saturated rings. The summed E-state index contributed by atoms with van der Waals surface area (Å²) < 4.78 is 0. The van der Waals surface area contributed by atoms with Crippen LogP contribution >= 0.6 is 11.6 Å². The fraction of sp³-hybridized carbons (Fsp3) is 0.875. The summed E-state index contributed by atoms with van der Waals surface area (Å²) in [5.41, 5.74) is 0. The van der Waals surface area contributed by atoms with Gasteiger partial charge in [-0.2, -0.15) is 0 Å². The van der Waals surface area contributed by atoms with Crippen LogP contribution < -0.4 is 5.32 Å². The maximum absolute atomic E-state index is 10.6. The molecule has 0 saturated heterocycles. The fourth-order valence-electron chi connectivity index (χ4n) is 1.07. The summed E-state index contributed by atoms with van der Waals surface area (Å²) in [6, 6.07) is 0. The van der Waals surface area contributed by atoms with E-state index in [-0.39, 0.29) is 11.8 Å². The second-order valence-corrected chi connectivity index (χ2v) is 3.34. The molecule has 1 N–H and O–H groups in total. The molecule has 1 rings (SSSR count). The van der Waals surface area contributed by atoms with Crippen molar-refractivity contribution in [3.63, 3.8) is 0 Å². The Morgan fingerprint density at radius 2 is 2.27 bits per heavy atom. The van der Waals surface area contributed by atoms with E-state index in [1.807, 2.05) is 0 Å². The predicted octanol–water partition coefficient (Wildman–Crippen LogP) is 1.53. The van der Waals surface area contributed by atoms with Gasteiger partial charge in [-0.3, -0.25) is 4.79 Å². The Balaban J connectivity index is 1.82. The van der Waals surface area contributed by atoms with Gasteiger partial charge in [0, 0.05) is 6.54 Å². The lowest BCUT2D eigenvalue weighted by atomic mass is 10.2. The van der Waals surface area contributed by atoms with E-state index >= 15 is 0 Å². The third kappa shape index (κ3) is 4.25. The third-order valence-corrected chi connectivity index (χ3v) is 2.17. The van der Waals surface area contributed by atoms with Gasteiger partial charge in [0.1, 0.15) is 5.88 Å². The number of nitrogens with one attached hydrogen (secondary N) is 1. The van der Waals surface area contributed by atoms with Crippen molar-refractivity contribution >= 4 is 17.5 Å². The van der Waals surface area contributed by atoms with Gasteiger partial charge in [-0.25, -0.2) is 0 Å². The molecule has 64 valence electrons. The third-order valence-electron chi connectivity index (χ3n) is 1.93. The van der Waals surface area contributed by atoms with Crippen LogP contribution in [0.5, 0.6) is 0 Å². The Morgan fingerprint density at radius 3 is 2.82 bits per heavy atom. The molecule has 1 saturated carbocycles. The van der Waals surface area contributed by atoms with Crippen LogP contribution in [0.25, 0.3) is 0 Å². The van der Waals surface area contributed by atoms with Crippen molar-refractivity contribution in [1.82, 2.24) is 5.32 Å². The number of hydrogen-bond acceptors (Lipinski definition) is 1. The lowest BCUT2D eigenvalue weighted by Gasteiger charge is -2.00. The van der Waals surface area contributed by atoms with Crippen LogP contribution in [0.3, 0.4) is 0 Å². The second kappa shape index (κ2) is 4.60. The van der Waals surface area contributed by atoms with Gasteiger partial charge in [0.2, 0.25) is 5.91 Å². The molecule has 0 spiro atoms. The highest BCUT2D eigenvalue weighted by molar-refractivity contribution is 6.27. The molecule has 0 heterocycles. The molecule has 2 nitrogen and oxygen atoms in total. The summed E-state index contributed by atoms with van der Waals surface area (Å²) in [5.74, 6) is 0.994. The van der Waals surface area contributed by atoms with Crippen LogP contribution in [0.15, 0.2) is 0 Å². The van der Waals surface area contributed by atoms with Gasteiger partial charge in [-0.05, 0) is 18.8 Å². The molecule has 0 aromatic carbocycles. The second-order valence-electron chi connectivity index (χ2n) is 3.07. The van der Waals surface area contributed by atoms with E-state index in [0.717, 1.165) is 18.9 Å². The Morgan fingerprint density at radius 1 is 1.55 bits per heavy atom. The molecule has 0 aromatic rings. The zero-order chi connectivity index (χ0) is 8.10. The minimum Gasteiger partial charge on any atom is -0.355 e. The first kappa shape index (κ1) is 8.85. The van der Waals surface area contributed by atoms with Crippen molar-refractivity contribution in [2.24, 2.45) is 5.92 Å². The normalized spacial score (nSPS) is 16.5. The van der Waals surface area contributed by atoms with Crippen molar-refractivity contribution in [1.29, 1.82) is 0 Å². The smallest absolute Gasteiger partial charge is 0.234 e. The molecule has 1 aliphatic carbocycles. The molecule has 11 heavy (non-hydrogen) atoms. The largest absolute Gasteiger partial charge is 0.355 e. The first-order valence-electron chi connectivity index (χ1n) is 4.15. The van der Waals surface area contributed by atoms with Crippen molar-refractivity contribution in [3.05, 3.63) is 0 Å². The minimum absolute atomic E-state index is 0.0533. The molecule has 0 aliphatic heterocycles. The van der Waals surface area contributed by atoms with Gasteiger partial charge in [-0.1, -0.05) is 12.8 Å². The summed E-state index contributed by atoms with van der Waals surface area (Å²) in [6.45, 7) is 0.794. The number of carbonyl (C=O) groups is 1. The number of amides is 1. The van der Waals surface area contributed by atoms with Crippen LogP contribution in [-0.4, -0.2) is 18.3 Å². The summed E-state index contributed by atoms with van der Waals surface area (Å²) in [7, 11) is 0. The highest BCUT2D eigenvalue weighted by Crippen LogP contribution is 2.33. The summed E-state index contributed by atoms with van der Waals surface area (Å²) in [6.07, 6.45) is 5.16. The molecule has 0 atom stereocenters. The van der Waals surface area contributed by atoms with E-state index in [1.54, 1.807) is 0 Å². The van der Waals surface area contributed by atoms with E-state index in [9.17, 15) is 4.79 Å². The van der Waals surface area contributed by atoms with E-state index in [4.69, 9.17) is 11.6 Å². The Kier molecular flexibility index (Phi) is 3.70. The van der Waals surface area contributed by atoms with Crippen LogP contribution in [-0.2, 0) is 4.79 Å². The Hall–Kier alpha value is -0.240. The monoisotopic (exact) mass is 175 g/mol. The molecule has 0 unspecified atom stereocenters. The predicted molar refractivity (Wildman–Crippen MR) is 45.7 cm³/mol. The number of rotatable bonds is 5. The van der Waals surface area contributed by atoms with Crippen LogP contribution in [0.2, 0.25) is 0 Å². The van der Waals surface area contributed by atoms with E-state index < -0.39 is 0 Å². The molecule has 0 radical (unpaired) electrons. The summed E-state index contributed by atoms with van der Waals surface area (Å²) in [5, 5.41) is 2.74. The number of carbonyl (C=O) groups excluding carboxylic acids is 1. The van der Waals surface area contributed by atoms with Gasteiger partial charge < -0.3 is 5.32 Å². The van der Waals surface area contributed by atoms with E-state index in [1.165, 1.54) is 19.3 Å². The maximum Gasteiger partial charge on any atom is 0.234 e. The van der Waals surface area contributed by atoms with Gasteiger partial charge in [0.25, 0.3) is 0 Å². The molecule has 1 amide bonds. The molecule has 0 aromatic heterocycles. The SMILES string of the molecule is O=C(CCl)NCCCC1CC1. The van der Waals surface area contributed by atoms with Crippen molar-refractivity contribution in [2.75, 3.05) is 12.4 Å². The van der Waals surface area contributed by atoms with Gasteiger partial charge in [0.15, 0.2) is 0 Å². The molecule has 0 bridgehead atoms. The Labute approximate surface area is 72.3 Å². The number of halogens is 1. The summed E-state index contributed by atoms with van der Waals surface area (Å²) >= 11 is 5.29. The first-order chi connectivity index (χ1) is 5.33. The van der Waals surface area contributed by atoms with Crippen molar-refractivity contribution in [3.8, 4) is 0 Å². The maximum atomic E-state index is 10.6. The molecular formula is C8H14ClNO. The van der Waals surface area contributed by atoms with E-state index in [2.05, 4.69) is 5.32 Å². The zero-order valence-electron chi connectivity index (χ0n) is 6.61. The number of hydrogen-bond donors (Lipinski definition) is 1. The molecular weight excluding hydrogens is 162 g/mol. The molecule has 3 heteroatoms. The highest BCUT2D eigenvalue weighted by atomic mass is 35.5.